The number of hydrogen-bond donors (Lipinski definition) is 2. The van der Waals surface area contributed by atoms with E-state index in [2.05, 4.69) is 5.32 Å². The second-order valence-corrected chi connectivity index (χ2v) is 8.58. The quantitative estimate of drug-likeness (QED) is 0.462. The van der Waals surface area contributed by atoms with Crippen molar-refractivity contribution in [1.29, 1.82) is 0 Å². The lowest BCUT2D eigenvalue weighted by Crippen LogP contribution is -2.54. The molecule has 0 atom stereocenters. The monoisotopic (exact) mass is 451 g/mol. The number of imide groups is 2. The van der Waals surface area contributed by atoms with Crippen LogP contribution in [0.15, 0.2) is 75.5 Å². The third-order valence-electron chi connectivity index (χ3n) is 4.84. The van der Waals surface area contributed by atoms with Gasteiger partial charge in [-0.15, -0.1) is 0 Å². The van der Waals surface area contributed by atoms with E-state index in [0.717, 1.165) is 4.90 Å². The molecule has 3 aromatic rings. The van der Waals surface area contributed by atoms with Gasteiger partial charge >= 0.3 is 6.03 Å². The lowest BCUT2D eigenvalue weighted by atomic mass is 10.1. The molecule has 0 unspecified atom stereocenters. The van der Waals surface area contributed by atoms with E-state index in [1.807, 2.05) is 0 Å². The number of carbonyl (C=O) groups excluding carboxylic acids is 3. The van der Waals surface area contributed by atoms with Crippen molar-refractivity contribution in [3.63, 3.8) is 0 Å². The molecule has 2 heterocycles. The first-order valence-corrected chi connectivity index (χ1v) is 10.9. The van der Waals surface area contributed by atoms with Crippen molar-refractivity contribution < 1.29 is 27.2 Å². The Kier molecular flexibility index (Phi) is 5.25. The number of carbonyl (C=O) groups is 3. The number of aryl methyl sites for hydroxylation is 1. The third kappa shape index (κ3) is 3.96. The number of sulfonamides is 1. The van der Waals surface area contributed by atoms with E-state index in [9.17, 15) is 22.8 Å². The van der Waals surface area contributed by atoms with Gasteiger partial charge in [0.15, 0.2) is 0 Å². The van der Waals surface area contributed by atoms with Gasteiger partial charge in [0.05, 0.1) is 10.6 Å². The number of para-hydroxylation sites is 1. The van der Waals surface area contributed by atoms with E-state index in [4.69, 9.17) is 9.56 Å². The van der Waals surface area contributed by atoms with E-state index in [-0.39, 0.29) is 16.2 Å². The fraction of sp³-hybridized carbons (Fsp3) is 0.0455. The van der Waals surface area contributed by atoms with Gasteiger partial charge in [-0.3, -0.25) is 14.9 Å². The van der Waals surface area contributed by atoms with Crippen LogP contribution in [0.3, 0.4) is 0 Å². The molecule has 162 valence electrons. The summed E-state index contributed by atoms with van der Waals surface area (Å²) in [6.07, 6.45) is 1.25. The van der Waals surface area contributed by atoms with Crippen molar-refractivity contribution >= 4 is 39.6 Å². The van der Waals surface area contributed by atoms with Crippen LogP contribution in [0, 0.1) is 6.92 Å². The second kappa shape index (κ2) is 7.91. The van der Waals surface area contributed by atoms with Crippen LogP contribution in [0.2, 0.25) is 0 Å². The van der Waals surface area contributed by atoms with Crippen LogP contribution in [0.4, 0.5) is 10.5 Å². The first kappa shape index (κ1) is 21.2. The minimum atomic E-state index is -3.82. The molecular weight excluding hydrogens is 434 g/mol. The highest BCUT2D eigenvalue weighted by Crippen LogP contribution is 2.27. The van der Waals surface area contributed by atoms with Gasteiger partial charge < -0.3 is 4.42 Å². The summed E-state index contributed by atoms with van der Waals surface area (Å²) in [5.41, 5.74) is 1.35. The molecule has 9 nitrogen and oxygen atoms in total. The molecular formula is C22H17N3O6S. The molecule has 1 aliphatic rings. The largest absolute Gasteiger partial charge is 0.457 e. The molecule has 32 heavy (non-hydrogen) atoms. The molecule has 4 rings (SSSR count). The lowest BCUT2D eigenvalue weighted by Gasteiger charge is -2.27. The minimum Gasteiger partial charge on any atom is -0.457 e. The molecule has 1 saturated heterocycles. The average Bonchev–Trinajstić information content (AvgIpc) is 3.20. The number of primary sulfonamides is 1. The van der Waals surface area contributed by atoms with Gasteiger partial charge in [0.25, 0.3) is 11.8 Å². The first-order chi connectivity index (χ1) is 15.1. The number of barbiturate groups is 1. The average molecular weight is 451 g/mol. The van der Waals surface area contributed by atoms with Crippen molar-refractivity contribution in [3.05, 3.63) is 77.6 Å². The molecule has 3 N–H and O–H groups in total. The molecule has 0 saturated carbocycles. The Hall–Kier alpha value is -4.02. The molecule has 1 fully saturated rings. The predicted molar refractivity (Wildman–Crippen MR) is 116 cm³/mol. The van der Waals surface area contributed by atoms with Crippen molar-refractivity contribution in [2.75, 3.05) is 4.90 Å². The highest BCUT2D eigenvalue weighted by atomic mass is 32.2. The van der Waals surface area contributed by atoms with Gasteiger partial charge in [-0.2, -0.15) is 0 Å². The van der Waals surface area contributed by atoms with Crippen LogP contribution in [0.1, 0.15) is 11.3 Å². The zero-order chi connectivity index (χ0) is 23.0. The van der Waals surface area contributed by atoms with Gasteiger partial charge in [0.1, 0.15) is 17.1 Å². The molecule has 10 heteroatoms. The van der Waals surface area contributed by atoms with Crippen LogP contribution in [0.25, 0.3) is 17.4 Å². The molecule has 0 radical (unpaired) electrons. The Morgan fingerprint density at radius 1 is 0.969 bits per heavy atom. The highest BCUT2D eigenvalue weighted by molar-refractivity contribution is 7.89. The van der Waals surface area contributed by atoms with E-state index >= 15 is 0 Å². The number of hydrogen-bond acceptors (Lipinski definition) is 6. The fourth-order valence-electron chi connectivity index (χ4n) is 3.23. The summed E-state index contributed by atoms with van der Waals surface area (Å²) < 4.78 is 28.5. The van der Waals surface area contributed by atoms with E-state index < -0.39 is 27.9 Å². The maximum Gasteiger partial charge on any atom is 0.335 e. The number of amides is 4. The second-order valence-electron chi connectivity index (χ2n) is 7.02. The van der Waals surface area contributed by atoms with E-state index in [1.54, 1.807) is 43.3 Å². The maximum absolute atomic E-state index is 13.0. The Morgan fingerprint density at radius 2 is 1.66 bits per heavy atom. The standard InChI is InChI=1S/C22H17N3O6S/c1-13-4-2-3-5-18(13)25-21(27)17(20(26)24-22(25)28)12-15-8-11-19(31-15)14-6-9-16(10-7-14)32(23,29)30/h2-12H,1H3,(H2,23,29,30)(H,24,26,28)/b17-12+. The number of nitrogens with zero attached hydrogens (tertiary/aromatic N) is 1. The molecule has 2 aromatic carbocycles. The molecule has 0 spiro atoms. The van der Waals surface area contributed by atoms with Gasteiger partial charge in [0, 0.05) is 5.56 Å². The Morgan fingerprint density at radius 3 is 2.31 bits per heavy atom. The minimum absolute atomic E-state index is 0.0411. The third-order valence-corrected chi connectivity index (χ3v) is 5.77. The van der Waals surface area contributed by atoms with Crippen molar-refractivity contribution in [3.8, 4) is 11.3 Å². The number of furan rings is 1. The first-order valence-electron chi connectivity index (χ1n) is 9.35. The highest BCUT2D eigenvalue weighted by Gasteiger charge is 2.37. The molecule has 0 aliphatic carbocycles. The Labute approximate surface area is 183 Å². The van der Waals surface area contributed by atoms with Crippen LogP contribution >= 0.6 is 0 Å². The predicted octanol–water partition coefficient (Wildman–Crippen LogP) is 2.57. The van der Waals surface area contributed by atoms with Crippen molar-refractivity contribution in [2.24, 2.45) is 5.14 Å². The zero-order valence-electron chi connectivity index (χ0n) is 16.7. The normalized spacial score (nSPS) is 15.9. The van der Waals surface area contributed by atoms with Crippen LogP contribution in [-0.2, 0) is 19.6 Å². The SMILES string of the molecule is Cc1ccccc1N1C(=O)NC(=O)/C(=C\c2ccc(-c3ccc(S(N)(=O)=O)cc3)o2)C1=O. The summed E-state index contributed by atoms with van der Waals surface area (Å²) in [7, 11) is -3.82. The summed E-state index contributed by atoms with van der Waals surface area (Å²) in [6.45, 7) is 1.75. The topological polar surface area (TPSA) is 140 Å². The van der Waals surface area contributed by atoms with Gasteiger partial charge in [-0.25, -0.2) is 23.3 Å². The smallest absolute Gasteiger partial charge is 0.335 e. The van der Waals surface area contributed by atoms with Crippen LogP contribution in [0.5, 0.6) is 0 Å². The summed E-state index contributed by atoms with van der Waals surface area (Å²) in [5, 5.41) is 7.26. The molecule has 1 aliphatic heterocycles. The summed E-state index contributed by atoms with van der Waals surface area (Å²) in [5.74, 6) is -1.02. The van der Waals surface area contributed by atoms with Crippen LogP contribution < -0.4 is 15.4 Å². The van der Waals surface area contributed by atoms with Gasteiger partial charge in [-0.1, -0.05) is 18.2 Å². The van der Waals surface area contributed by atoms with Crippen LogP contribution in [-0.4, -0.2) is 26.3 Å². The number of anilines is 1. The van der Waals surface area contributed by atoms with E-state index in [0.29, 0.717) is 22.6 Å². The van der Waals surface area contributed by atoms with E-state index in [1.165, 1.54) is 30.3 Å². The number of benzene rings is 2. The van der Waals surface area contributed by atoms with Crippen molar-refractivity contribution in [1.82, 2.24) is 5.32 Å². The number of nitrogens with one attached hydrogen (secondary N) is 1. The Balaban J connectivity index is 1.66. The molecule has 1 aromatic heterocycles. The summed E-state index contributed by atoms with van der Waals surface area (Å²) >= 11 is 0. The summed E-state index contributed by atoms with van der Waals surface area (Å²) in [4.78, 5) is 38.5. The van der Waals surface area contributed by atoms with Crippen molar-refractivity contribution in [2.45, 2.75) is 11.8 Å². The number of nitrogens with two attached hydrogens (primary N) is 1. The lowest BCUT2D eigenvalue weighted by molar-refractivity contribution is -0.122. The van der Waals surface area contributed by atoms with Gasteiger partial charge in [-0.05, 0) is 61.0 Å². The number of urea groups is 1. The summed E-state index contributed by atoms with van der Waals surface area (Å²) in [6, 6.07) is 14.9. The number of rotatable bonds is 4. The fourth-order valence-corrected chi connectivity index (χ4v) is 3.74. The zero-order valence-corrected chi connectivity index (χ0v) is 17.5. The maximum atomic E-state index is 13.0. The van der Waals surface area contributed by atoms with Gasteiger partial charge in [0.2, 0.25) is 10.0 Å². The molecule has 0 bridgehead atoms. The Bertz CT molecular complexity index is 1390. The molecule has 4 amide bonds.